The van der Waals surface area contributed by atoms with Crippen LogP contribution in [0, 0.1) is 10.1 Å². The zero-order valence-corrected chi connectivity index (χ0v) is 8.61. The average molecular weight is 216 g/mol. The molecule has 4 nitrogen and oxygen atoms in total. The lowest BCUT2D eigenvalue weighted by Crippen LogP contribution is -1.84. The average Bonchev–Trinajstić information content (AvgIpc) is 2.32. The van der Waals surface area contributed by atoms with E-state index in [4.69, 9.17) is 5.73 Å². The lowest BCUT2D eigenvalue weighted by atomic mass is 10.3. The van der Waals surface area contributed by atoms with Crippen molar-refractivity contribution in [2.75, 3.05) is 5.73 Å². The summed E-state index contributed by atoms with van der Waals surface area (Å²) in [5, 5.41) is 10.0. The van der Waals surface area contributed by atoms with Crippen LogP contribution in [0.15, 0.2) is 60.7 Å². The molecule has 0 amide bonds. The monoisotopic (exact) mass is 216 g/mol. The Morgan fingerprint density at radius 3 is 1.56 bits per heavy atom. The number of nitrogen functional groups attached to an aromatic ring is 1. The standard InChI is InChI=1S/C6H5NO2.C6H7N/c8-7(9)6-4-2-1-3-5-6;7-6-4-2-1-3-5-6/h1-5H;1-5H,7H2. The second kappa shape index (κ2) is 6.19. The van der Waals surface area contributed by atoms with Crippen LogP contribution in [0.25, 0.3) is 0 Å². The topological polar surface area (TPSA) is 69.2 Å². The maximum atomic E-state index is 10.0. The van der Waals surface area contributed by atoms with Crippen LogP contribution in [0.4, 0.5) is 11.4 Å². The number of nitro benzene ring substituents is 1. The molecule has 0 spiro atoms. The smallest absolute Gasteiger partial charge is 0.269 e. The van der Waals surface area contributed by atoms with Crippen LogP contribution in [-0.4, -0.2) is 4.92 Å². The van der Waals surface area contributed by atoms with Crippen LogP contribution >= 0.6 is 0 Å². The molecule has 0 aliphatic heterocycles. The van der Waals surface area contributed by atoms with Crippen LogP contribution in [0.2, 0.25) is 0 Å². The number of anilines is 1. The fourth-order valence-corrected chi connectivity index (χ4v) is 1.00. The maximum absolute atomic E-state index is 10.0. The van der Waals surface area contributed by atoms with Crippen LogP contribution in [0.3, 0.4) is 0 Å². The zero-order valence-electron chi connectivity index (χ0n) is 8.61. The van der Waals surface area contributed by atoms with Crippen molar-refractivity contribution in [3.63, 3.8) is 0 Å². The number of nitrogens with zero attached hydrogens (tertiary/aromatic N) is 1. The summed E-state index contributed by atoms with van der Waals surface area (Å²) in [7, 11) is 0. The molecule has 0 bridgehead atoms. The van der Waals surface area contributed by atoms with Gasteiger partial charge in [0.05, 0.1) is 4.92 Å². The molecule has 82 valence electrons. The molecule has 2 aromatic carbocycles. The number of hydrogen-bond donors (Lipinski definition) is 1. The minimum absolute atomic E-state index is 0.137. The normalized spacial score (nSPS) is 8.75. The van der Waals surface area contributed by atoms with Crippen molar-refractivity contribution in [2.45, 2.75) is 0 Å². The van der Waals surface area contributed by atoms with E-state index in [9.17, 15) is 10.1 Å². The summed E-state index contributed by atoms with van der Waals surface area (Å²) in [6.07, 6.45) is 0. The molecule has 0 radical (unpaired) electrons. The number of nitrogens with two attached hydrogens (primary N) is 1. The predicted molar refractivity (Wildman–Crippen MR) is 64.0 cm³/mol. The Hall–Kier alpha value is -2.36. The molecule has 0 saturated heterocycles. The molecule has 0 aromatic heterocycles. The third-order valence-electron chi connectivity index (χ3n) is 1.77. The van der Waals surface area contributed by atoms with E-state index in [0.29, 0.717) is 0 Å². The van der Waals surface area contributed by atoms with Gasteiger partial charge in [-0.15, -0.1) is 0 Å². The minimum Gasteiger partial charge on any atom is -0.399 e. The van der Waals surface area contributed by atoms with Crippen molar-refractivity contribution in [3.05, 3.63) is 70.8 Å². The summed E-state index contributed by atoms with van der Waals surface area (Å²) >= 11 is 0. The Kier molecular flexibility index (Phi) is 4.53. The first-order chi connectivity index (χ1) is 7.70. The molecule has 2 aromatic rings. The quantitative estimate of drug-likeness (QED) is 0.452. The van der Waals surface area contributed by atoms with Crippen LogP contribution in [0.5, 0.6) is 0 Å². The van der Waals surface area contributed by atoms with Gasteiger partial charge in [-0.2, -0.15) is 0 Å². The highest BCUT2D eigenvalue weighted by molar-refractivity contribution is 5.35. The van der Waals surface area contributed by atoms with Crippen LogP contribution < -0.4 is 5.73 Å². The molecule has 0 aliphatic rings. The van der Waals surface area contributed by atoms with Gasteiger partial charge in [-0.1, -0.05) is 36.4 Å². The largest absolute Gasteiger partial charge is 0.399 e. The van der Waals surface area contributed by atoms with Crippen molar-refractivity contribution >= 4 is 11.4 Å². The molecule has 0 saturated carbocycles. The highest BCUT2D eigenvalue weighted by Gasteiger charge is 1.98. The molecule has 2 N–H and O–H groups in total. The second-order valence-corrected chi connectivity index (χ2v) is 3.00. The van der Waals surface area contributed by atoms with Gasteiger partial charge in [0.2, 0.25) is 0 Å². The molecule has 4 heteroatoms. The maximum Gasteiger partial charge on any atom is 0.269 e. The highest BCUT2D eigenvalue weighted by Crippen LogP contribution is 2.06. The Balaban J connectivity index is 0.000000165. The van der Waals surface area contributed by atoms with Crippen LogP contribution in [0.1, 0.15) is 0 Å². The van der Waals surface area contributed by atoms with E-state index < -0.39 is 4.92 Å². The van der Waals surface area contributed by atoms with E-state index in [0.717, 1.165) is 5.69 Å². The predicted octanol–water partition coefficient (Wildman–Crippen LogP) is 2.86. The zero-order chi connectivity index (χ0) is 11.8. The van der Waals surface area contributed by atoms with Gasteiger partial charge in [0, 0.05) is 17.8 Å². The number of rotatable bonds is 1. The third-order valence-corrected chi connectivity index (χ3v) is 1.77. The van der Waals surface area contributed by atoms with Crippen molar-refractivity contribution < 1.29 is 4.92 Å². The number of non-ortho nitro benzene ring substituents is 1. The summed E-state index contributed by atoms with van der Waals surface area (Å²) in [6.45, 7) is 0. The van der Waals surface area contributed by atoms with Gasteiger partial charge in [-0.05, 0) is 12.1 Å². The molecular formula is C12H12N2O2. The molecule has 2 rings (SSSR count). The summed E-state index contributed by atoms with van der Waals surface area (Å²) < 4.78 is 0. The van der Waals surface area contributed by atoms with E-state index in [2.05, 4.69) is 0 Å². The fourth-order valence-electron chi connectivity index (χ4n) is 1.00. The molecule has 0 aliphatic carbocycles. The van der Waals surface area contributed by atoms with Gasteiger partial charge >= 0.3 is 0 Å². The summed E-state index contributed by atoms with van der Waals surface area (Å²) in [6, 6.07) is 17.4. The van der Waals surface area contributed by atoms with Crippen molar-refractivity contribution in [2.24, 2.45) is 0 Å². The number of para-hydroxylation sites is 2. The van der Waals surface area contributed by atoms with Crippen molar-refractivity contribution in [3.8, 4) is 0 Å². The third kappa shape index (κ3) is 4.23. The van der Waals surface area contributed by atoms with Gasteiger partial charge in [-0.3, -0.25) is 10.1 Å². The number of benzene rings is 2. The van der Waals surface area contributed by atoms with Crippen LogP contribution in [-0.2, 0) is 0 Å². The molecule has 16 heavy (non-hydrogen) atoms. The molecule has 0 atom stereocenters. The first-order valence-corrected chi connectivity index (χ1v) is 4.70. The number of hydrogen-bond acceptors (Lipinski definition) is 3. The summed E-state index contributed by atoms with van der Waals surface area (Å²) in [4.78, 5) is 9.59. The Bertz CT molecular complexity index is 429. The van der Waals surface area contributed by atoms with Gasteiger partial charge in [0.1, 0.15) is 0 Å². The SMILES string of the molecule is Nc1ccccc1.O=[N+]([O-])c1ccccc1. The lowest BCUT2D eigenvalue weighted by molar-refractivity contribution is -0.384. The summed E-state index contributed by atoms with van der Waals surface area (Å²) in [5.41, 5.74) is 6.32. The van der Waals surface area contributed by atoms with E-state index in [1.165, 1.54) is 12.1 Å². The molecule has 0 fully saturated rings. The Labute approximate surface area is 93.5 Å². The van der Waals surface area contributed by atoms with Gasteiger partial charge in [0.15, 0.2) is 0 Å². The Morgan fingerprint density at radius 1 is 0.875 bits per heavy atom. The molecule has 0 unspecified atom stereocenters. The van der Waals surface area contributed by atoms with E-state index >= 15 is 0 Å². The van der Waals surface area contributed by atoms with Crippen molar-refractivity contribution in [1.82, 2.24) is 0 Å². The second-order valence-electron chi connectivity index (χ2n) is 3.00. The lowest BCUT2D eigenvalue weighted by Gasteiger charge is -1.85. The molecular weight excluding hydrogens is 204 g/mol. The fraction of sp³-hybridized carbons (Fsp3) is 0. The van der Waals surface area contributed by atoms with Gasteiger partial charge < -0.3 is 5.73 Å². The number of nitro groups is 1. The first kappa shape index (κ1) is 11.7. The van der Waals surface area contributed by atoms with Gasteiger partial charge in [0.25, 0.3) is 5.69 Å². The summed E-state index contributed by atoms with van der Waals surface area (Å²) in [5.74, 6) is 0. The Morgan fingerprint density at radius 2 is 1.31 bits per heavy atom. The first-order valence-electron chi connectivity index (χ1n) is 4.70. The van der Waals surface area contributed by atoms with E-state index in [1.807, 2.05) is 30.3 Å². The minimum atomic E-state index is -0.417. The van der Waals surface area contributed by atoms with E-state index in [-0.39, 0.29) is 5.69 Å². The highest BCUT2D eigenvalue weighted by atomic mass is 16.6. The van der Waals surface area contributed by atoms with E-state index in [1.54, 1.807) is 18.2 Å². The van der Waals surface area contributed by atoms with Crippen molar-refractivity contribution in [1.29, 1.82) is 0 Å². The molecule has 0 heterocycles. The van der Waals surface area contributed by atoms with Gasteiger partial charge in [-0.25, -0.2) is 0 Å².